The molecular formula is C15H19BrFNOS. The van der Waals surface area contributed by atoms with Crippen LogP contribution in [-0.2, 0) is 0 Å². The number of benzene rings is 1. The van der Waals surface area contributed by atoms with Gasteiger partial charge >= 0.3 is 0 Å². The van der Waals surface area contributed by atoms with Gasteiger partial charge in [0.15, 0.2) is 0 Å². The zero-order valence-electron chi connectivity index (χ0n) is 11.5. The molecule has 5 heteroatoms. The van der Waals surface area contributed by atoms with Gasteiger partial charge in [-0.25, -0.2) is 4.39 Å². The van der Waals surface area contributed by atoms with E-state index in [2.05, 4.69) is 27.5 Å². The summed E-state index contributed by atoms with van der Waals surface area (Å²) in [5.41, 5.74) is 0.0968. The molecule has 1 saturated carbocycles. The third-order valence-corrected chi connectivity index (χ3v) is 6.04. The Labute approximate surface area is 132 Å². The van der Waals surface area contributed by atoms with Crippen molar-refractivity contribution >= 4 is 33.6 Å². The SMILES string of the molecule is CSC1(CNC(=O)c2c(F)cccc2Br)CCCCC1. The molecule has 1 fully saturated rings. The molecule has 0 atom stereocenters. The minimum atomic E-state index is -0.487. The van der Waals surface area contributed by atoms with Gasteiger partial charge in [-0.3, -0.25) is 4.79 Å². The summed E-state index contributed by atoms with van der Waals surface area (Å²) in [6, 6.07) is 4.58. The molecule has 110 valence electrons. The van der Waals surface area contributed by atoms with E-state index in [1.807, 2.05) is 11.8 Å². The van der Waals surface area contributed by atoms with Gasteiger partial charge in [-0.05, 0) is 47.2 Å². The fraction of sp³-hybridized carbons (Fsp3) is 0.533. The number of carbonyl (C=O) groups is 1. The zero-order valence-corrected chi connectivity index (χ0v) is 13.9. The highest BCUT2D eigenvalue weighted by atomic mass is 79.9. The molecular weight excluding hydrogens is 341 g/mol. The molecule has 0 saturated heterocycles. The van der Waals surface area contributed by atoms with Crippen LogP contribution < -0.4 is 5.32 Å². The second-order valence-corrected chi connectivity index (χ2v) is 7.36. The molecule has 1 aliphatic carbocycles. The molecule has 20 heavy (non-hydrogen) atoms. The standard InChI is InChI=1S/C15H19BrFNOS/c1-20-15(8-3-2-4-9-15)10-18-14(19)13-11(16)6-5-7-12(13)17/h5-7H,2-4,8-10H2,1H3,(H,18,19). The van der Waals surface area contributed by atoms with Crippen molar-refractivity contribution in [2.45, 2.75) is 36.9 Å². The summed E-state index contributed by atoms with van der Waals surface area (Å²) in [5.74, 6) is -0.826. The second-order valence-electron chi connectivity index (χ2n) is 5.23. The molecule has 0 unspecified atom stereocenters. The van der Waals surface area contributed by atoms with Crippen LogP contribution in [0.15, 0.2) is 22.7 Å². The summed E-state index contributed by atoms with van der Waals surface area (Å²) in [4.78, 5) is 12.2. The molecule has 0 aliphatic heterocycles. The lowest BCUT2D eigenvalue weighted by Crippen LogP contribution is -2.42. The fourth-order valence-electron chi connectivity index (χ4n) is 2.69. The molecule has 0 bridgehead atoms. The molecule has 0 heterocycles. The highest BCUT2D eigenvalue weighted by Crippen LogP contribution is 2.38. The largest absolute Gasteiger partial charge is 0.351 e. The van der Waals surface area contributed by atoms with Crippen molar-refractivity contribution in [3.63, 3.8) is 0 Å². The van der Waals surface area contributed by atoms with Gasteiger partial charge in [0.25, 0.3) is 5.91 Å². The third kappa shape index (κ3) is 3.55. The van der Waals surface area contributed by atoms with Crippen molar-refractivity contribution < 1.29 is 9.18 Å². The quantitative estimate of drug-likeness (QED) is 0.863. The maximum absolute atomic E-state index is 13.7. The van der Waals surface area contributed by atoms with Crippen LogP contribution in [-0.4, -0.2) is 23.5 Å². The topological polar surface area (TPSA) is 29.1 Å². The van der Waals surface area contributed by atoms with Crippen LogP contribution in [0.4, 0.5) is 4.39 Å². The van der Waals surface area contributed by atoms with E-state index >= 15 is 0 Å². The molecule has 0 spiro atoms. The van der Waals surface area contributed by atoms with Crippen molar-refractivity contribution in [3.05, 3.63) is 34.1 Å². The number of hydrogen-bond donors (Lipinski definition) is 1. The molecule has 1 amide bonds. The van der Waals surface area contributed by atoms with Gasteiger partial charge in [0.1, 0.15) is 5.82 Å². The van der Waals surface area contributed by atoms with Crippen LogP contribution >= 0.6 is 27.7 Å². The van der Waals surface area contributed by atoms with Gasteiger partial charge in [-0.15, -0.1) is 0 Å². The summed E-state index contributed by atoms with van der Waals surface area (Å²) in [7, 11) is 0. The summed E-state index contributed by atoms with van der Waals surface area (Å²) in [6.07, 6.45) is 8.02. The van der Waals surface area contributed by atoms with Crippen molar-refractivity contribution in [2.24, 2.45) is 0 Å². The summed E-state index contributed by atoms with van der Waals surface area (Å²) in [5, 5.41) is 2.91. The van der Waals surface area contributed by atoms with Gasteiger partial charge in [-0.2, -0.15) is 11.8 Å². The van der Waals surface area contributed by atoms with Crippen LogP contribution in [0.5, 0.6) is 0 Å². The first-order valence-corrected chi connectivity index (χ1v) is 8.87. The Morgan fingerprint density at radius 1 is 1.40 bits per heavy atom. The highest BCUT2D eigenvalue weighted by molar-refractivity contribution is 9.10. The number of halogens is 2. The first-order chi connectivity index (χ1) is 9.58. The molecule has 2 rings (SSSR count). The van der Waals surface area contributed by atoms with Crippen molar-refractivity contribution in [3.8, 4) is 0 Å². The number of thioether (sulfide) groups is 1. The highest BCUT2D eigenvalue weighted by Gasteiger charge is 2.31. The third-order valence-electron chi connectivity index (χ3n) is 3.96. The number of amides is 1. The Kier molecular flexibility index (Phi) is 5.49. The lowest BCUT2D eigenvalue weighted by atomic mass is 9.88. The average Bonchev–Trinajstić information content (AvgIpc) is 2.46. The number of nitrogens with one attached hydrogen (secondary N) is 1. The number of carbonyl (C=O) groups excluding carboxylic acids is 1. The number of rotatable bonds is 4. The summed E-state index contributed by atoms with van der Waals surface area (Å²) in [6.45, 7) is 0.605. The fourth-order valence-corrected chi connectivity index (χ4v) is 4.13. The van der Waals surface area contributed by atoms with Crippen LogP contribution in [0.1, 0.15) is 42.5 Å². The van der Waals surface area contributed by atoms with Crippen LogP contribution in [0.2, 0.25) is 0 Å². The van der Waals surface area contributed by atoms with E-state index in [4.69, 9.17) is 0 Å². The van der Waals surface area contributed by atoms with Crippen molar-refractivity contribution in [1.29, 1.82) is 0 Å². The van der Waals surface area contributed by atoms with Gasteiger partial charge in [0.2, 0.25) is 0 Å². The molecule has 1 aliphatic rings. The van der Waals surface area contributed by atoms with Gasteiger partial charge in [0.05, 0.1) is 5.56 Å². The van der Waals surface area contributed by atoms with E-state index in [0.717, 1.165) is 12.8 Å². The predicted octanol–water partition coefficient (Wildman–Crippen LogP) is 4.38. The molecule has 1 aromatic rings. The zero-order chi connectivity index (χ0) is 14.6. The van der Waals surface area contributed by atoms with E-state index in [1.165, 1.54) is 25.3 Å². The number of hydrogen-bond acceptors (Lipinski definition) is 2. The predicted molar refractivity (Wildman–Crippen MR) is 85.8 cm³/mol. The van der Waals surface area contributed by atoms with Gasteiger partial charge in [0, 0.05) is 15.8 Å². The Bertz CT molecular complexity index is 469. The molecule has 2 nitrogen and oxygen atoms in total. The van der Waals surface area contributed by atoms with Gasteiger partial charge < -0.3 is 5.32 Å². The normalized spacial score (nSPS) is 17.8. The van der Waals surface area contributed by atoms with E-state index in [1.54, 1.807) is 12.1 Å². The van der Waals surface area contributed by atoms with E-state index < -0.39 is 5.82 Å². The Morgan fingerprint density at radius 2 is 2.10 bits per heavy atom. The first kappa shape index (κ1) is 15.8. The van der Waals surface area contributed by atoms with Crippen LogP contribution in [0, 0.1) is 5.82 Å². The maximum Gasteiger partial charge on any atom is 0.255 e. The molecule has 0 aromatic heterocycles. The molecule has 1 aromatic carbocycles. The summed E-state index contributed by atoms with van der Waals surface area (Å²) >= 11 is 5.06. The monoisotopic (exact) mass is 359 g/mol. The Hall–Kier alpha value is -0.550. The molecule has 1 N–H and O–H groups in total. The van der Waals surface area contributed by atoms with Crippen molar-refractivity contribution in [1.82, 2.24) is 5.32 Å². The maximum atomic E-state index is 13.7. The second kappa shape index (κ2) is 6.94. The van der Waals surface area contributed by atoms with E-state index in [-0.39, 0.29) is 16.2 Å². The first-order valence-electron chi connectivity index (χ1n) is 6.85. The Balaban J connectivity index is 2.04. The smallest absolute Gasteiger partial charge is 0.255 e. The molecule has 0 radical (unpaired) electrons. The van der Waals surface area contributed by atoms with Crippen LogP contribution in [0.25, 0.3) is 0 Å². The van der Waals surface area contributed by atoms with E-state index in [9.17, 15) is 9.18 Å². The van der Waals surface area contributed by atoms with E-state index in [0.29, 0.717) is 11.0 Å². The Morgan fingerprint density at radius 3 is 2.70 bits per heavy atom. The summed E-state index contributed by atoms with van der Waals surface area (Å²) < 4.78 is 14.4. The van der Waals surface area contributed by atoms with Gasteiger partial charge in [-0.1, -0.05) is 25.3 Å². The minimum absolute atomic E-state index is 0.0968. The van der Waals surface area contributed by atoms with Crippen molar-refractivity contribution in [2.75, 3.05) is 12.8 Å². The minimum Gasteiger partial charge on any atom is -0.351 e. The van der Waals surface area contributed by atoms with Crippen LogP contribution in [0.3, 0.4) is 0 Å². The lowest BCUT2D eigenvalue weighted by molar-refractivity contribution is 0.0942. The average molecular weight is 360 g/mol. The lowest BCUT2D eigenvalue weighted by Gasteiger charge is -2.35.